The van der Waals surface area contributed by atoms with Crippen LogP contribution in [0.1, 0.15) is 26.2 Å². The number of piperidine rings is 1. The van der Waals surface area contributed by atoms with Crippen LogP contribution < -0.4 is 0 Å². The second-order valence-electron chi connectivity index (χ2n) is 5.09. The summed E-state index contributed by atoms with van der Waals surface area (Å²) in [4.78, 5) is 2.60. The Hall–Kier alpha value is -0.0400. The zero-order valence-corrected chi connectivity index (χ0v) is 7.51. The Morgan fingerprint density at radius 1 is 1.27 bits per heavy atom. The average Bonchev–Trinajstić information content (AvgIpc) is 2.59. The van der Waals surface area contributed by atoms with E-state index in [9.17, 15) is 0 Å². The SMILES string of the molecule is CN1CC2C3CCC1CC32C. The maximum atomic E-state index is 2.60. The van der Waals surface area contributed by atoms with Crippen LogP contribution in [-0.2, 0) is 0 Å². The molecule has 0 aromatic rings. The third-order valence-corrected chi connectivity index (χ3v) is 4.67. The molecule has 1 nitrogen and oxygen atoms in total. The van der Waals surface area contributed by atoms with Gasteiger partial charge in [0.2, 0.25) is 0 Å². The zero-order valence-electron chi connectivity index (χ0n) is 7.51. The van der Waals surface area contributed by atoms with Crippen molar-refractivity contribution in [3.63, 3.8) is 0 Å². The molecular formula is C10H17N. The van der Waals surface area contributed by atoms with Gasteiger partial charge in [-0.25, -0.2) is 0 Å². The standard InChI is InChI=1S/C10H17N/c1-10-5-7-3-4-8(10)9(10)6-11(7)2/h7-9H,3-6H2,1-2H3. The van der Waals surface area contributed by atoms with Gasteiger partial charge in [-0.05, 0) is 43.6 Å². The van der Waals surface area contributed by atoms with E-state index >= 15 is 0 Å². The van der Waals surface area contributed by atoms with E-state index in [0.717, 1.165) is 23.3 Å². The lowest BCUT2D eigenvalue weighted by molar-refractivity contribution is 0.124. The second-order valence-corrected chi connectivity index (χ2v) is 5.09. The van der Waals surface area contributed by atoms with E-state index in [2.05, 4.69) is 18.9 Å². The third kappa shape index (κ3) is 0.618. The van der Waals surface area contributed by atoms with Crippen molar-refractivity contribution in [2.75, 3.05) is 13.6 Å². The van der Waals surface area contributed by atoms with Crippen molar-refractivity contribution in [3.05, 3.63) is 0 Å². The highest BCUT2D eigenvalue weighted by Gasteiger charge is 2.65. The minimum atomic E-state index is 0.801. The highest BCUT2D eigenvalue weighted by molar-refractivity contribution is 5.15. The molecule has 2 saturated carbocycles. The Morgan fingerprint density at radius 3 is 2.91 bits per heavy atom. The molecule has 0 spiro atoms. The molecule has 0 amide bonds. The molecule has 0 aromatic carbocycles. The molecule has 0 N–H and O–H groups in total. The number of rotatable bonds is 0. The van der Waals surface area contributed by atoms with E-state index in [-0.39, 0.29) is 0 Å². The Kier molecular flexibility index (Phi) is 0.976. The molecular weight excluding hydrogens is 134 g/mol. The molecule has 62 valence electrons. The Bertz CT molecular complexity index is 201. The molecule has 0 aromatic heterocycles. The zero-order chi connectivity index (χ0) is 7.64. The molecule has 0 radical (unpaired) electrons. The first-order valence-electron chi connectivity index (χ1n) is 4.92. The summed E-state index contributed by atoms with van der Waals surface area (Å²) in [6.07, 6.45) is 4.50. The van der Waals surface area contributed by atoms with Crippen LogP contribution in [-0.4, -0.2) is 24.5 Å². The molecule has 2 aliphatic carbocycles. The molecule has 1 heteroatoms. The number of nitrogens with zero attached hydrogens (tertiary/aromatic N) is 1. The van der Waals surface area contributed by atoms with Crippen LogP contribution in [0, 0.1) is 17.3 Å². The molecule has 4 unspecified atom stereocenters. The average molecular weight is 151 g/mol. The third-order valence-electron chi connectivity index (χ3n) is 4.67. The monoisotopic (exact) mass is 151 g/mol. The van der Waals surface area contributed by atoms with Crippen LogP contribution in [0.3, 0.4) is 0 Å². The Balaban J connectivity index is 1.94. The van der Waals surface area contributed by atoms with Crippen molar-refractivity contribution in [2.45, 2.75) is 32.2 Å². The predicted octanol–water partition coefficient (Wildman–Crippen LogP) is 1.74. The van der Waals surface area contributed by atoms with Gasteiger partial charge in [0, 0.05) is 12.6 Å². The number of hydrogen-bond donors (Lipinski definition) is 0. The Morgan fingerprint density at radius 2 is 2.09 bits per heavy atom. The van der Waals surface area contributed by atoms with Gasteiger partial charge < -0.3 is 4.90 Å². The summed E-state index contributed by atoms with van der Waals surface area (Å²) in [6, 6.07) is 0.940. The normalized spacial score (nSPS) is 61.1. The summed E-state index contributed by atoms with van der Waals surface area (Å²) in [6.45, 7) is 3.91. The summed E-state index contributed by atoms with van der Waals surface area (Å²) in [5.74, 6) is 2.19. The van der Waals surface area contributed by atoms with E-state index in [4.69, 9.17) is 0 Å². The van der Waals surface area contributed by atoms with Crippen molar-refractivity contribution in [1.29, 1.82) is 0 Å². The van der Waals surface area contributed by atoms with Crippen molar-refractivity contribution < 1.29 is 0 Å². The van der Waals surface area contributed by atoms with Gasteiger partial charge in [-0.1, -0.05) is 6.92 Å². The van der Waals surface area contributed by atoms with E-state index in [1.54, 1.807) is 0 Å². The number of likely N-dealkylation sites (tertiary alicyclic amines) is 1. The fourth-order valence-corrected chi connectivity index (χ4v) is 3.75. The maximum Gasteiger partial charge on any atom is 0.00978 e. The van der Waals surface area contributed by atoms with Gasteiger partial charge in [0.05, 0.1) is 0 Å². The first kappa shape index (κ1) is 6.47. The summed E-state index contributed by atoms with van der Waals surface area (Å²) in [5, 5.41) is 0. The van der Waals surface area contributed by atoms with Crippen molar-refractivity contribution in [2.24, 2.45) is 17.3 Å². The molecule has 4 atom stereocenters. The molecule has 1 heterocycles. The fraction of sp³-hybridized carbons (Fsp3) is 1.00. The fourth-order valence-electron chi connectivity index (χ4n) is 3.75. The number of fused-ring (bicyclic) bond motifs is 2. The lowest BCUT2D eigenvalue weighted by atomic mass is 9.84. The molecule has 1 aliphatic heterocycles. The summed E-state index contributed by atoms with van der Waals surface area (Å²) in [5.41, 5.74) is 0.801. The Labute approximate surface area is 68.8 Å². The lowest BCUT2D eigenvalue weighted by Crippen LogP contribution is -2.40. The second kappa shape index (κ2) is 1.66. The van der Waals surface area contributed by atoms with Crippen LogP contribution in [0.15, 0.2) is 0 Å². The van der Waals surface area contributed by atoms with Gasteiger partial charge in [-0.3, -0.25) is 0 Å². The molecule has 2 bridgehead atoms. The quantitative estimate of drug-likeness (QED) is 0.509. The molecule has 3 fully saturated rings. The largest absolute Gasteiger partial charge is 0.303 e. The van der Waals surface area contributed by atoms with Crippen LogP contribution in [0.5, 0.6) is 0 Å². The lowest BCUT2D eigenvalue weighted by Gasteiger charge is -2.36. The highest BCUT2D eigenvalue weighted by Crippen LogP contribution is 2.68. The van der Waals surface area contributed by atoms with Crippen LogP contribution in [0.4, 0.5) is 0 Å². The summed E-state index contributed by atoms with van der Waals surface area (Å²) in [7, 11) is 2.31. The van der Waals surface area contributed by atoms with Crippen molar-refractivity contribution >= 4 is 0 Å². The van der Waals surface area contributed by atoms with E-state index in [0.29, 0.717) is 0 Å². The first-order chi connectivity index (χ1) is 5.22. The molecule has 1 saturated heterocycles. The minimum absolute atomic E-state index is 0.801. The van der Waals surface area contributed by atoms with Crippen molar-refractivity contribution in [3.8, 4) is 0 Å². The molecule has 11 heavy (non-hydrogen) atoms. The predicted molar refractivity (Wildman–Crippen MR) is 45.4 cm³/mol. The van der Waals surface area contributed by atoms with Gasteiger partial charge in [0.1, 0.15) is 0 Å². The molecule has 3 rings (SSSR count). The van der Waals surface area contributed by atoms with E-state index in [1.165, 1.54) is 25.8 Å². The summed E-state index contributed by atoms with van der Waals surface area (Å²) < 4.78 is 0. The maximum absolute atomic E-state index is 2.60. The summed E-state index contributed by atoms with van der Waals surface area (Å²) >= 11 is 0. The van der Waals surface area contributed by atoms with Gasteiger partial charge in [0.15, 0.2) is 0 Å². The van der Waals surface area contributed by atoms with Crippen molar-refractivity contribution in [1.82, 2.24) is 4.90 Å². The van der Waals surface area contributed by atoms with Crippen LogP contribution in [0.2, 0.25) is 0 Å². The van der Waals surface area contributed by atoms with E-state index in [1.807, 2.05) is 0 Å². The topological polar surface area (TPSA) is 3.24 Å². The highest BCUT2D eigenvalue weighted by atomic mass is 15.2. The van der Waals surface area contributed by atoms with Gasteiger partial charge in [-0.2, -0.15) is 0 Å². The smallest absolute Gasteiger partial charge is 0.00978 e. The minimum Gasteiger partial charge on any atom is -0.303 e. The first-order valence-corrected chi connectivity index (χ1v) is 4.92. The van der Waals surface area contributed by atoms with Crippen LogP contribution in [0.25, 0.3) is 0 Å². The molecule has 3 aliphatic rings. The van der Waals surface area contributed by atoms with Crippen LogP contribution >= 0.6 is 0 Å². The number of hydrogen-bond acceptors (Lipinski definition) is 1. The van der Waals surface area contributed by atoms with Gasteiger partial charge in [-0.15, -0.1) is 0 Å². The van der Waals surface area contributed by atoms with E-state index < -0.39 is 0 Å². The van der Waals surface area contributed by atoms with Gasteiger partial charge >= 0.3 is 0 Å². The van der Waals surface area contributed by atoms with Gasteiger partial charge in [0.25, 0.3) is 0 Å².